The number of hydrogen-bond acceptors (Lipinski definition) is 11. The molecule has 4 rings (SSSR count). The molecule has 0 radical (unpaired) electrons. The zero-order valence-electron chi connectivity index (χ0n) is 25.1. The van der Waals surface area contributed by atoms with E-state index >= 15 is 0 Å². The molecule has 0 bridgehead atoms. The van der Waals surface area contributed by atoms with Crippen molar-refractivity contribution in [3.63, 3.8) is 0 Å². The first kappa shape index (κ1) is 38.3. The van der Waals surface area contributed by atoms with E-state index in [4.69, 9.17) is 23.2 Å². The van der Waals surface area contributed by atoms with Crippen LogP contribution in [0.15, 0.2) is 116 Å². The molecule has 0 aromatic heterocycles. The van der Waals surface area contributed by atoms with Crippen molar-refractivity contribution in [3.05, 3.63) is 101 Å². The van der Waals surface area contributed by atoms with Crippen LogP contribution in [0.3, 0.4) is 0 Å². The van der Waals surface area contributed by atoms with Gasteiger partial charge < -0.3 is 15.2 Å². The number of amides is 2. The smallest absolute Gasteiger partial charge is 0.258 e. The second-order valence-electron chi connectivity index (χ2n) is 10.1. The number of para-hydroxylation sites is 1. The van der Waals surface area contributed by atoms with Crippen molar-refractivity contribution >= 4 is 79.5 Å². The van der Waals surface area contributed by atoms with E-state index in [1.807, 2.05) is 0 Å². The highest BCUT2D eigenvalue weighted by Crippen LogP contribution is 2.35. The highest BCUT2D eigenvalue weighted by atomic mass is 35.5. The van der Waals surface area contributed by atoms with Gasteiger partial charge in [0.2, 0.25) is 12.1 Å². The minimum absolute atomic E-state index is 0. The fourth-order valence-corrected chi connectivity index (χ4v) is 4.97. The summed E-state index contributed by atoms with van der Waals surface area (Å²) in [7, 11) is -4.67. The van der Waals surface area contributed by atoms with E-state index in [0.717, 1.165) is 19.1 Å². The number of rotatable bonds is 12. The summed E-state index contributed by atoms with van der Waals surface area (Å²) in [6, 6.07) is 19.7. The molecule has 254 valence electrons. The summed E-state index contributed by atoms with van der Waals surface area (Å²) in [5.41, 5.74) is 2.27. The third-order valence-corrected chi connectivity index (χ3v) is 7.96. The van der Waals surface area contributed by atoms with Crippen LogP contribution in [0.5, 0.6) is 0 Å². The Morgan fingerprint density at radius 1 is 0.653 bits per heavy atom. The van der Waals surface area contributed by atoms with Gasteiger partial charge in [-0.2, -0.15) is 20.5 Å². The number of benzene rings is 4. The highest BCUT2D eigenvalue weighted by Gasteiger charge is 2.24. The van der Waals surface area contributed by atoms with Gasteiger partial charge in [-0.25, -0.2) is 8.42 Å². The van der Waals surface area contributed by atoms with Crippen LogP contribution in [0, 0.1) is 0 Å². The first-order valence-corrected chi connectivity index (χ1v) is 16.0. The van der Waals surface area contributed by atoms with Crippen molar-refractivity contribution in [2.45, 2.75) is 38.3 Å². The SMILES string of the molecule is C.CC(=O)C(N=Nc1ccc(-c2ccc(N=NC(C(C)=O)C(=O)Nc3ccc(S(=O)(=O)[O-])cc3)c(Cl)c2)cc1Cl)C(=O)Nc1ccccc1. The van der Waals surface area contributed by atoms with Gasteiger partial charge in [-0.15, -0.1) is 0 Å². The molecule has 0 aliphatic rings. The van der Waals surface area contributed by atoms with E-state index in [-0.39, 0.29) is 34.5 Å². The number of Topliss-reactive ketones (excluding diaryl/α,β-unsaturated/α-hetero) is 2. The summed E-state index contributed by atoms with van der Waals surface area (Å²) < 4.78 is 33.3. The Hall–Kier alpha value is -5.15. The van der Waals surface area contributed by atoms with E-state index in [1.54, 1.807) is 60.7 Å². The number of carbonyl (C=O) groups excluding carboxylic acids is 4. The van der Waals surface area contributed by atoms with Crippen LogP contribution < -0.4 is 10.6 Å². The molecule has 4 aromatic carbocycles. The minimum Gasteiger partial charge on any atom is -0.744 e. The van der Waals surface area contributed by atoms with Crippen molar-refractivity contribution in [1.82, 2.24) is 0 Å². The monoisotopic (exact) mass is 723 g/mol. The summed E-state index contributed by atoms with van der Waals surface area (Å²) in [4.78, 5) is 49.1. The number of nitrogens with zero attached hydrogens (tertiary/aromatic N) is 4. The molecular weight excluding hydrogens is 695 g/mol. The molecule has 2 unspecified atom stereocenters. The van der Waals surface area contributed by atoms with E-state index in [1.165, 1.54) is 25.1 Å². The molecule has 0 spiro atoms. The molecule has 0 fully saturated rings. The third kappa shape index (κ3) is 10.4. The molecule has 4 aromatic rings. The zero-order valence-corrected chi connectivity index (χ0v) is 27.5. The van der Waals surface area contributed by atoms with Crippen LogP contribution in [0.2, 0.25) is 10.0 Å². The van der Waals surface area contributed by atoms with Gasteiger partial charge in [-0.3, -0.25) is 19.2 Å². The molecule has 13 nitrogen and oxygen atoms in total. The standard InChI is InChI=1S/C32H26Cl2N6O7S.CH4/c1-18(41)29(31(43)35-22-6-4-3-5-7-22)39-37-27-14-8-20(16-25(27)33)21-9-15-28(26(34)17-21)38-40-30(19(2)42)32(44)36-23-10-12-24(13-11-23)48(45,46)47;/h3-17,29-30H,1-2H3,(H,35,43)(H,36,44)(H,45,46,47);1H4/p-1. The van der Waals surface area contributed by atoms with Gasteiger partial charge in [0.05, 0.1) is 14.9 Å². The van der Waals surface area contributed by atoms with Crippen molar-refractivity contribution in [1.29, 1.82) is 0 Å². The fourth-order valence-electron chi connectivity index (χ4n) is 4.06. The summed E-state index contributed by atoms with van der Waals surface area (Å²) in [5.74, 6) is -2.61. The third-order valence-electron chi connectivity index (χ3n) is 6.51. The normalized spacial score (nSPS) is 12.6. The lowest BCUT2D eigenvalue weighted by atomic mass is 10.0. The van der Waals surface area contributed by atoms with Crippen molar-refractivity contribution in [2.24, 2.45) is 20.5 Å². The van der Waals surface area contributed by atoms with Gasteiger partial charge in [0.25, 0.3) is 11.8 Å². The van der Waals surface area contributed by atoms with Gasteiger partial charge in [0, 0.05) is 11.4 Å². The Kier molecular flexibility index (Phi) is 13.1. The number of halogens is 2. The molecule has 0 heterocycles. The first-order valence-electron chi connectivity index (χ1n) is 13.9. The summed E-state index contributed by atoms with van der Waals surface area (Å²) in [5, 5.41) is 21.1. The highest BCUT2D eigenvalue weighted by molar-refractivity contribution is 7.85. The molecule has 16 heteroatoms. The Balaban J connectivity index is 0.00000650. The van der Waals surface area contributed by atoms with E-state index in [0.29, 0.717) is 16.8 Å². The average molecular weight is 725 g/mol. The van der Waals surface area contributed by atoms with Crippen LogP contribution in [0.4, 0.5) is 22.7 Å². The van der Waals surface area contributed by atoms with Crippen molar-refractivity contribution in [2.75, 3.05) is 10.6 Å². The van der Waals surface area contributed by atoms with Gasteiger partial charge >= 0.3 is 0 Å². The summed E-state index contributed by atoms with van der Waals surface area (Å²) in [6.45, 7) is 2.38. The molecular formula is C33H29Cl2N6O7S-. The molecule has 2 atom stereocenters. The lowest BCUT2D eigenvalue weighted by Crippen LogP contribution is -2.31. The molecule has 2 N–H and O–H groups in total. The van der Waals surface area contributed by atoms with E-state index in [2.05, 4.69) is 31.1 Å². The number of carbonyl (C=O) groups is 4. The van der Waals surface area contributed by atoms with Crippen LogP contribution in [0.1, 0.15) is 21.3 Å². The Morgan fingerprint density at radius 2 is 1.06 bits per heavy atom. The maximum Gasteiger partial charge on any atom is 0.258 e. The summed E-state index contributed by atoms with van der Waals surface area (Å²) >= 11 is 12.9. The number of ketones is 2. The Labute approximate surface area is 292 Å². The molecule has 0 saturated heterocycles. The number of anilines is 2. The minimum atomic E-state index is -4.67. The van der Waals surface area contributed by atoms with E-state index in [9.17, 15) is 32.1 Å². The largest absolute Gasteiger partial charge is 0.744 e. The molecule has 0 aliphatic carbocycles. The molecule has 0 aliphatic heterocycles. The molecule has 2 amide bonds. The lowest BCUT2D eigenvalue weighted by molar-refractivity contribution is -0.127. The van der Waals surface area contributed by atoms with E-state index < -0.39 is 50.5 Å². The maximum absolute atomic E-state index is 12.7. The predicted octanol–water partition coefficient (Wildman–Crippen LogP) is 7.56. The number of hydrogen-bond donors (Lipinski definition) is 2. The number of nitrogens with one attached hydrogen (secondary N) is 2. The van der Waals surface area contributed by atoms with Gasteiger partial charge in [-0.1, -0.05) is 61.0 Å². The van der Waals surface area contributed by atoms with Gasteiger partial charge in [-0.05, 0) is 85.6 Å². The Morgan fingerprint density at radius 3 is 1.43 bits per heavy atom. The van der Waals surface area contributed by atoms with Crippen LogP contribution in [-0.4, -0.2) is 48.4 Å². The van der Waals surface area contributed by atoms with Crippen molar-refractivity contribution < 1.29 is 32.1 Å². The van der Waals surface area contributed by atoms with Gasteiger partial charge in [0.15, 0.2) is 11.6 Å². The van der Waals surface area contributed by atoms with Crippen LogP contribution in [0.25, 0.3) is 11.1 Å². The van der Waals surface area contributed by atoms with Crippen LogP contribution in [-0.2, 0) is 29.3 Å². The molecule has 0 saturated carbocycles. The second kappa shape index (κ2) is 16.8. The summed E-state index contributed by atoms with van der Waals surface area (Å²) in [6.07, 6.45) is 0. The van der Waals surface area contributed by atoms with Gasteiger partial charge in [0.1, 0.15) is 21.5 Å². The predicted molar refractivity (Wildman–Crippen MR) is 185 cm³/mol. The lowest BCUT2D eigenvalue weighted by Gasteiger charge is -2.11. The zero-order chi connectivity index (χ0) is 35.0. The maximum atomic E-state index is 12.7. The number of azo groups is 2. The fraction of sp³-hybridized carbons (Fsp3) is 0.152. The Bertz CT molecular complexity index is 2040. The van der Waals surface area contributed by atoms with Crippen molar-refractivity contribution in [3.8, 4) is 11.1 Å². The van der Waals surface area contributed by atoms with Crippen LogP contribution >= 0.6 is 23.2 Å². The average Bonchev–Trinajstić information content (AvgIpc) is 3.02. The second-order valence-corrected chi connectivity index (χ2v) is 12.3. The topological polar surface area (TPSA) is 199 Å². The quantitative estimate of drug-likeness (QED) is 0.0853. The molecule has 49 heavy (non-hydrogen) atoms. The first-order chi connectivity index (χ1) is 22.7.